The van der Waals surface area contributed by atoms with E-state index in [0.29, 0.717) is 5.88 Å². The van der Waals surface area contributed by atoms with Crippen LogP contribution in [0, 0.1) is 12.8 Å². The molecule has 0 aromatic carbocycles. The Morgan fingerprint density at radius 1 is 1.26 bits per heavy atom. The Kier molecular flexibility index (Phi) is 3.97. The van der Waals surface area contributed by atoms with Crippen molar-refractivity contribution in [2.75, 3.05) is 11.4 Å². The third-order valence-electron chi connectivity index (χ3n) is 4.78. The lowest BCUT2D eigenvalue weighted by molar-refractivity contribution is 0.242. The van der Waals surface area contributed by atoms with Crippen LogP contribution in [-0.4, -0.2) is 17.6 Å². The zero-order valence-corrected chi connectivity index (χ0v) is 12.5. The highest BCUT2D eigenvalue weighted by Gasteiger charge is 2.34. The summed E-state index contributed by atoms with van der Waals surface area (Å²) >= 11 is 5.89. The maximum atomic E-state index is 5.89. The monoisotopic (exact) mass is 278 g/mol. The second kappa shape index (κ2) is 5.70. The fourth-order valence-electron chi connectivity index (χ4n) is 3.89. The number of hydrogen-bond acceptors (Lipinski definition) is 2. The van der Waals surface area contributed by atoms with Crippen molar-refractivity contribution in [1.29, 1.82) is 0 Å². The molecule has 1 saturated heterocycles. The second-order valence-corrected chi connectivity index (χ2v) is 6.33. The zero-order valence-electron chi connectivity index (χ0n) is 11.7. The first-order chi connectivity index (χ1) is 9.29. The molecule has 1 aliphatic heterocycles. The van der Waals surface area contributed by atoms with Crippen LogP contribution in [-0.2, 0) is 5.88 Å². The largest absolute Gasteiger partial charge is 0.353 e. The van der Waals surface area contributed by atoms with Crippen LogP contribution in [0.2, 0.25) is 0 Å². The van der Waals surface area contributed by atoms with Crippen LogP contribution in [0.3, 0.4) is 0 Å². The van der Waals surface area contributed by atoms with Crippen molar-refractivity contribution < 1.29 is 0 Å². The highest BCUT2D eigenvalue weighted by atomic mass is 35.5. The lowest BCUT2D eigenvalue weighted by Gasteiger charge is -2.45. The molecule has 2 atom stereocenters. The predicted molar refractivity (Wildman–Crippen MR) is 80.9 cm³/mol. The molecule has 0 amide bonds. The van der Waals surface area contributed by atoms with Gasteiger partial charge in [-0.2, -0.15) is 0 Å². The molecular formula is C16H23ClN2. The number of halogens is 1. The van der Waals surface area contributed by atoms with Crippen molar-refractivity contribution in [3.05, 3.63) is 23.4 Å². The van der Waals surface area contributed by atoms with Gasteiger partial charge in [0.15, 0.2) is 0 Å². The fraction of sp³-hybridized carbons (Fsp3) is 0.688. The number of alkyl halides is 1. The number of rotatable bonds is 2. The fourth-order valence-corrected chi connectivity index (χ4v) is 4.03. The second-order valence-electron chi connectivity index (χ2n) is 6.07. The Balaban J connectivity index is 1.87. The van der Waals surface area contributed by atoms with Crippen molar-refractivity contribution in [3.8, 4) is 0 Å². The average molecular weight is 279 g/mol. The van der Waals surface area contributed by atoms with Crippen LogP contribution < -0.4 is 4.90 Å². The van der Waals surface area contributed by atoms with Gasteiger partial charge in [-0.25, -0.2) is 4.98 Å². The number of anilines is 1. The minimum atomic E-state index is 0.556. The lowest BCUT2D eigenvalue weighted by atomic mass is 9.78. The van der Waals surface area contributed by atoms with Crippen LogP contribution in [0.15, 0.2) is 12.3 Å². The molecule has 2 fully saturated rings. The molecule has 2 nitrogen and oxygen atoms in total. The van der Waals surface area contributed by atoms with Gasteiger partial charge in [-0.05, 0) is 55.7 Å². The Morgan fingerprint density at radius 3 is 2.84 bits per heavy atom. The van der Waals surface area contributed by atoms with E-state index in [4.69, 9.17) is 16.6 Å². The van der Waals surface area contributed by atoms with E-state index in [1.165, 1.54) is 56.5 Å². The highest BCUT2D eigenvalue weighted by Crippen LogP contribution is 2.38. The molecule has 0 radical (unpaired) electrons. The van der Waals surface area contributed by atoms with E-state index in [0.717, 1.165) is 17.5 Å². The summed E-state index contributed by atoms with van der Waals surface area (Å²) in [6, 6.07) is 2.93. The van der Waals surface area contributed by atoms with Crippen LogP contribution in [0.25, 0.3) is 0 Å². The number of piperidine rings is 1. The van der Waals surface area contributed by atoms with E-state index >= 15 is 0 Å². The lowest BCUT2D eigenvalue weighted by Crippen LogP contribution is -2.47. The molecule has 0 bridgehead atoms. The molecule has 2 aliphatic rings. The van der Waals surface area contributed by atoms with Crippen molar-refractivity contribution in [3.63, 3.8) is 0 Å². The summed E-state index contributed by atoms with van der Waals surface area (Å²) in [5.74, 6) is 2.65. The SMILES string of the molecule is Cc1cc(CCl)cnc1N1CCC[C@H]2CCCC[C@H]21. The van der Waals surface area contributed by atoms with Gasteiger partial charge in [0, 0.05) is 24.7 Å². The van der Waals surface area contributed by atoms with Gasteiger partial charge in [0.25, 0.3) is 0 Å². The third-order valence-corrected chi connectivity index (χ3v) is 5.09. The summed E-state index contributed by atoms with van der Waals surface area (Å²) < 4.78 is 0. The van der Waals surface area contributed by atoms with E-state index in [9.17, 15) is 0 Å². The third kappa shape index (κ3) is 2.60. The Bertz CT molecular complexity index is 444. The number of pyridine rings is 1. The molecule has 19 heavy (non-hydrogen) atoms. The summed E-state index contributed by atoms with van der Waals surface area (Å²) in [6.07, 6.45) is 10.3. The first-order valence-electron chi connectivity index (χ1n) is 7.57. The molecule has 0 N–H and O–H groups in total. The molecule has 1 aliphatic carbocycles. The van der Waals surface area contributed by atoms with Crippen molar-refractivity contribution in [1.82, 2.24) is 4.98 Å². The van der Waals surface area contributed by atoms with E-state index in [1.807, 2.05) is 6.20 Å². The topological polar surface area (TPSA) is 16.1 Å². The molecule has 3 rings (SSSR count). The van der Waals surface area contributed by atoms with Gasteiger partial charge in [0.1, 0.15) is 5.82 Å². The summed E-state index contributed by atoms with van der Waals surface area (Å²) in [6.45, 7) is 3.35. The van der Waals surface area contributed by atoms with Crippen molar-refractivity contribution in [2.24, 2.45) is 5.92 Å². The zero-order chi connectivity index (χ0) is 13.2. The van der Waals surface area contributed by atoms with Gasteiger partial charge < -0.3 is 4.90 Å². The predicted octanol–water partition coefficient (Wildman–Crippen LogP) is 4.29. The average Bonchev–Trinajstić information content (AvgIpc) is 2.46. The number of nitrogens with zero attached hydrogens (tertiary/aromatic N) is 2. The van der Waals surface area contributed by atoms with Crippen molar-refractivity contribution in [2.45, 2.75) is 57.4 Å². The maximum absolute atomic E-state index is 5.89. The molecule has 1 saturated carbocycles. The number of aromatic nitrogens is 1. The molecule has 1 aromatic rings. The van der Waals surface area contributed by atoms with Crippen LogP contribution in [0.5, 0.6) is 0 Å². The van der Waals surface area contributed by atoms with Crippen molar-refractivity contribution >= 4 is 17.4 Å². The van der Waals surface area contributed by atoms with Gasteiger partial charge in [0.05, 0.1) is 0 Å². The van der Waals surface area contributed by atoms with Crippen LogP contribution in [0.1, 0.15) is 49.7 Å². The minimum Gasteiger partial charge on any atom is -0.353 e. The summed E-state index contributed by atoms with van der Waals surface area (Å²) in [7, 11) is 0. The molecule has 1 aromatic heterocycles. The van der Waals surface area contributed by atoms with E-state index < -0.39 is 0 Å². The first kappa shape index (κ1) is 13.2. The van der Waals surface area contributed by atoms with Gasteiger partial charge in [0.2, 0.25) is 0 Å². The smallest absolute Gasteiger partial charge is 0.131 e. The van der Waals surface area contributed by atoms with E-state index in [2.05, 4.69) is 17.9 Å². The molecule has 3 heteroatoms. The Labute approximate surface area is 121 Å². The number of hydrogen-bond donors (Lipinski definition) is 0. The van der Waals surface area contributed by atoms with Crippen LogP contribution in [0.4, 0.5) is 5.82 Å². The number of fused-ring (bicyclic) bond motifs is 1. The number of aryl methyl sites for hydroxylation is 1. The quantitative estimate of drug-likeness (QED) is 0.751. The first-order valence-corrected chi connectivity index (χ1v) is 8.11. The highest BCUT2D eigenvalue weighted by molar-refractivity contribution is 6.17. The van der Waals surface area contributed by atoms with E-state index in [1.54, 1.807) is 0 Å². The molecule has 2 heterocycles. The summed E-state index contributed by atoms with van der Waals surface area (Å²) in [5.41, 5.74) is 2.41. The van der Waals surface area contributed by atoms with Gasteiger partial charge in [-0.3, -0.25) is 0 Å². The summed E-state index contributed by atoms with van der Waals surface area (Å²) in [5, 5.41) is 0. The minimum absolute atomic E-state index is 0.556. The molecule has 104 valence electrons. The van der Waals surface area contributed by atoms with E-state index in [-0.39, 0.29) is 0 Å². The Hall–Kier alpha value is -0.760. The van der Waals surface area contributed by atoms with Gasteiger partial charge in [-0.15, -0.1) is 11.6 Å². The standard InChI is InChI=1S/C16H23ClN2/c1-12-9-13(10-17)11-18-16(12)19-8-4-6-14-5-2-3-7-15(14)19/h9,11,14-15H,2-8,10H2,1H3/t14-,15-/m1/s1. The maximum Gasteiger partial charge on any atom is 0.131 e. The van der Waals surface area contributed by atoms with Gasteiger partial charge >= 0.3 is 0 Å². The molecular weight excluding hydrogens is 256 g/mol. The van der Waals surface area contributed by atoms with Gasteiger partial charge in [-0.1, -0.05) is 12.8 Å². The van der Waals surface area contributed by atoms with Crippen LogP contribution >= 0.6 is 11.6 Å². The summed E-state index contributed by atoms with van der Waals surface area (Å²) in [4.78, 5) is 7.29. The normalized spacial score (nSPS) is 27.2. The molecule has 0 unspecified atom stereocenters. The molecule has 0 spiro atoms. The Morgan fingerprint density at radius 2 is 2.05 bits per heavy atom.